The number of piperidine rings is 1. The largest absolute Gasteiger partial charge is 0.317 e. The fourth-order valence-corrected chi connectivity index (χ4v) is 2.02. The Kier molecular flexibility index (Phi) is 3.68. The molecular formula is C12H18N4O. The number of nitrogens with zero attached hydrogens (tertiary/aromatic N) is 3. The molecule has 0 unspecified atom stereocenters. The number of ketones is 1. The van der Waals surface area contributed by atoms with Gasteiger partial charge in [-0.3, -0.25) is 4.79 Å². The minimum absolute atomic E-state index is 0.00214. The molecule has 0 atom stereocenters. The molecule has 2 rings (SSSR count). The van der Waals surface area contributed by atoms with Crippen molar-refractivity contribution in [2.75, 3.05) is 13.1 Å². The van der Waals surface area contributed by atoms with Gasteiger partial charge in [0.15, 0.2) is 5.78 Å². The molecule has 17 heavy (non-hydrogen) atoms. The lowest BCUT2D eigenvalue weighted by Crippen LogP contribution is -2.29. The molecule has 2 heterocycles. The first-order valence-corrected chi connectivity index (χ1v) is 5.97. The summed E-state index contributed by atoms with van der Waals surface area (Å²) in [7, 11) is 0. The van der Waals surface area contributed by atoms with E-state index in [4.69, 9.17) is 0 Å². The predicted molar refractivity (Wildman–Crippen MR) is 64.9 cm³/mol. The van der Waals surface area contributed by atoms with Crippen LogP contribution in [-0.2, 0) is 0 Å². The van der Waals surface area contributed by atoms with Gasteiger partial charge in [0.05, 0.1) is 12.2 Å². The third-order valence-electron chi connectivity index (χ3n) is 2.94. The summed E-state index contributed by atoms with van der Waals surface area (Å²) in [6.07, 6.45) is 4.20. The Bertz CT molecular complexity index is 418. The van der Waals surface area contributed by atoms with Crippen molar-refractivity contribution < 1.29 is 4.79 Å². The number of hydrogen-bond donors (Lipinski definition) is 1. The van der Waals surface area contributed by atoms with Crippen LogP contribution in [0.3, 0.4) is 0 Å². The van der Waals surface area contributed by atoms with E-state index in [0.29, 0.717) is 18.2 Å². The normalized spacial score (nSPS) is 17.0. The van der Waals surface area contributed by atoms with Crippen molar-refractivity contribution >= 4 is 5.78 Å². The summed E-state index contributed by atoms with van der Waals surface area (Å²) in [5.41, 5.74) is 1.30. The van der Waals surface area contributed by atoms with E-state index in [1.165, 1.54) is 0 Å². The average Bonchev–Trinajstić information content (AvgIpc) is 2.78. The second-order valence-corrected chi connectivity index (χ2v) is 4.62. The fourth-order valence-electron chi connectivity index (χ4n) is 2.02. The number of nitrogens with one attached hydrogen (secondary N) is 1. The Morgan fingerprint density at radius 1 is 1.59 bits per heavy atom. The SMILES string of the molecule is C=C(C)CC(=O)c1cn(C2CCNCC2)nn1. The zero-order chi connectivity index (χ0) is 12.3. The van der Waals surface area contributed by atoms with Crippen molar-refractivity contribution in [3.8, 4) is 0 Å². The molecule has 92 valence electrons. The lowest BCUT2D eigenvalue weighted by molar-refractivity contribution is 0.0988. The lowest BCUT2D eigenvalue weighted by atomic mass is 10.1. The number of rotatable bonds is 4. The molecule has 0 radical (unpaired) electrons. The van der Waals surface area contributed by atoms with E-state index in [0.717, 1.165) is 31.5 Å². The number of aromatic nitrogens is 3. The predicted octanol–water partition coefficient (Wildman–Crippen LogP) is 1.35. The molecule has 0 amide bonds. The maximum absolute atomic E-state index is 11.8. The van der Waals surface area contributed by atoms with Crippen LogP contribution >= 0.6 is 0 Å². The van der Waals surface area contributed by atoms with E-state index in [1.54, 1.807) is 6.20 Å². The van der Waals surface area contributed by atoms with Gasteiger partial charge in [0.25, 0.3) is 0 Å². The molecule has 1 aromatic heterocycles. The van der Waals surface area contributed by atoms with Crippen molar-refractivity contribution in [3.05, 3.63) is 24.0 Å². The van der Waals surface area contributed by atoms with Crippen molar-refractivity contribution in [2.24, 2.45) is 0 Å². The van der Waals surface area contributed by atoms with Crippen LogP contribution in [0.5, 0.6) is 0 Å². The Balaban J connectivity index is 2.04. The molecule has 0 saturated carbocycles. The minimum atomic E-state index is -0.00214. The summed E-state index contributed by atoms with van der Waals surface area (Å²) >= 11 is 0. The van der Waals surface area contributed by atoms with Gasteiger partial charge >= 0.3 is 0 Å². The molecule has 5 heteroatoms. The first kappa shape index (κ1) is 12.0. The highest BCUT2D eigenvalue weighted by atomic mass is 16.1. The molecule has 1 aliphatic heterocycles. The highest BCUT2D eigenvalue weighted by Gasteiger charge is 2.18. The molecule has 1 fully saturated rings. The van der Waals surface area contributed by atoms with Gasteiger partial charge < -0.3 is 5.32 Å². The maximum Gasteiger partial charge on any atom is 0.188 e. The summed E-state index contributed by atoms with van der Waals surface area (Å²) < 4.78 is 1.83. The van der Waals surface area contributed by atoms with Gasteiger partial charge in [0, 0.05) is 6.42 Å². The maximum atomic E-state index is 11.8. The van der Waals surface area contributed by atoms with Gasteiger partial charge in [0.1, 0.15) is 5.69 Å². The van der Waals surface area contributed by atoms with Crippen LogP contribution in [0.25, 0.3) is 0 Å². The lowest BCUT2D eigenvalue weighted by Gasteiger charge is -2.22. The molecule has 0 spiro atoms. The highest BCUT2D eigenvalue weighted by molar-refractivity contribution is 5.95. The summed E-state index contributed by atoms with van der Waals surface area (Å²) in [5.74, 6) is -0.00214. The number of Topliss-reactive ketones (excluding diaryl/α,β-unsaturated/α-hetero) is 1. The molecule has 1 aliphatic rings. The number of hydrogen-bond acceptors (Lipinski definition) is 4. The van der Waals surface area contributed by atoms with Crippen LogP contribution in [0.2, 0.25) is 0 Å². The monoisotopic (exact) mass is 234 g/mol. The van der Waals surface area contributed by atoms with E-state index in [1.807, 2.05) is 11.6 Å². The first-order chi connectivity index (χ1) is 8.16. The summed E-state index contributed by atoms with van der Waals surface area (Å²) in [6, 6.07) is 0.370. The zero-order valence-corrected chi connectivity index (χ0v) is 10.1. The standard InChI is InChI=1S/C12H18N4O/c1-9(2)7-12(17)11-8-16(15-14-11)10-3-5-13-6-4-10/h8,10,13H,1,3-7H2,2H3. The van der Waals surface area contributed by atoms with Crippen molar-refractivity contribution in [1.82, 2.24) is 20.3 Å². The highest BCUT2D eigenvalue weighted by Crippen LogP contribution is 2.17. The quantitative estimate of drug-likeness (QED) is 0.631. The number of carbonyl (C=O) groups excluding carboxylic acids is 1. The Hall–Kier alpha value is -1.49. The van der Waals surface area contributed by atoms with E-state index in [2.05, 4.69) is 22.2 Å². The molecular weight excluding hydrogens is 216 g/mol. The van der Waals surface area contributed by atoms with Crippen LogP contribution in [0.1, 0.15) is 42.7 Å². The van der Waals surface area contributed by atoms with Gasteiger partial charge in [-0.2, -0.15) is 0 Å². The fraction of sp³-hybridized carbons (Fsp3) is 0.583. The second-order valence-electron chi connectivity index (χ2n) is 4.62. The minimum Gasteiger partial charge on any atom is -0.317 e. The van der Waals surface area contributed by atoms with Crippen molar-refractivity contribution in [1.29, 1.82) is 0 Å². The summed E-state index contributed by atoms with van der Waals surface area (Å²) in [5, 5.41) is 11.3. The van der Waals surface area contributed by atoms with Crippen molar-refractivity contribution in [3.63, 3.8) is 0 Å². The molecule has 1 saturated heterocycles. The van der Waals surface area contributed by atoms with Gasteiger partial charge in [0.2, 0.25) is 0 Å². The van der Waals surface area contributed by atoms with Crippen LogP contribution in [0.15, 0.2) is 18.3 Å². The van der Waals surface area contributed by atoms with E-state index >= 15 is 0 Å². The van der Waals surface area contributed by atoms with E-state index in [9.17, 15) is 4.79 Å². The summed E-state index contributed by atoms with van der Waals surface area (Å²) in [4.78, 5) is 11.8. The average molecular weight is 234 g/mol. The molecule has 1 aromatic rings. The Labute approximate surface area is 101 Å². The van der Waals surface area contributed by atoms with Crippen LogP contribution in [0, 0.1) is 0 Å². The third-order valence-corrected chi connectivity index (χ3v) is 2.94. The number of allylic oxidation sites excluding steroid dienone is 1. The first-order valence-electron chi connectivity index (χ1n) is 5.97. The van der Waals surface area contributed by atoms with Crippen LogP contribution in [-0.4, -0.2) is 33.9 Å². The molecule has 5 nitrogen and oxygen atoms in total. The van der Waals surface area contributed by atoms with Crippen molar-refractivity contribution in [2.45, 2.75) is 32.2 Å². The van der Waals surface area contributed by atoms with Crippen LogP contribution in [0.4, 0.5) is 0 Å². The third kappa shape index (κ3) is 3.00. The molecule has 0 bridgehead atoms. The topological polar surface area (TPSA) is 59.8 Å². The Morgan fingerprint density at radius 3 is 2.94 bits per heavy atom. The molecule has 0 aromatic carbocycles. The molecule has 0 aliphatic carbocycles. The second kappa shape index (κ2) is 5.23. The van der Waals surface area contributed by atoms with E-state index < -0.39 is 0 Å². The molecule has 1 N–H and O–H groups in total. The van der Waals surface area contributed by atoms with Gasteiger partial charge in [-0.25, -0.2) is 4.68 Å². The smallest absolute Gasteiger partial charge is 0.188 e. The Morgan fingerprint density at radius 2 is 2.29 bits per heavy atom. The summed E-state index contributed by atoms with van der Waals surface area (Å²) in [6.45, 7) is 7.57. The van der Waals surface area contributed by atoms with E-state index in [-0.39, 0.29) is 5.78 Å². The zero-order valence-electron chi connectivity index (χ0n) is 10.1. The number of carbonyl (C=O) groups is 1. The van der Waals surface area contributed by atoms with Gasteiger partial charge in [-0.15, -0.1) is 5.10 Å². The van der Waals surface area contributed by atoms with Gasteiger partial charge in [-0.1, -0.05) is 17.4 Å². The van der Waals surface area contributed by atoms with Crippen LogP contribution < -0.4 is 5.32 Å². The van der Waals surface area contributed by atoms with Gasteiger partial charge in [-0.05, 0) is 32.9 Å².